The molecule has 0 spiro atoms. The number of benzene rings is 2. The molecule has 5 rings (SSSR count). The molecule has 1 saturated heterocycles. The number of aliphatic carboxylic acids is 1. The second kappa shape index (κ2) is 8.35. The first-order chi connectivity index (χ1) is 15.2. The van der Waals surface area contributed by atoms with E-state index in [0.29, 0.717) is 0 Å². The Hall–Kier alpha value is -3.45. The third kappa shape index (κ3) is 3.96. The molecule has 1 unspecified atom stereocenters. The van der Waals surface area contributed by atoms with Gasteiger partial charge in [0.2, 0.25) is 0 Å². The fourth-order valence-corrected chi connectivity index (χ4v) is 5.26. The molecule has 3 heterocycles. The number of hydrogen-bond donors (Lipinski definition) is 1. The van der Waals surface area contributed by atoms with Crippen molar-refractivity contribution in [2.75, 3.05) is 11.4 Å². The third-order valence-electron chi connectivity index (χ3n) is 5.56. The predicted octanol–water partition coefficient (Wildman–Crippen LogP) is 5.58. The van der Waals surface area contributed by atoms with Gasteiger partial charge in [0.1, 0.15) is 0 Å². The Labute approximate surface area is 183 Å². The molecule has 0 aliphatic carbocycles. The number of carbonyl (C=O) groups is 1. The highest BCUT2D eigenvalue weighted by Gasteiger charge is 2.30. The molecular weight excluding hydrogens is 410 g/mol. The highest BCUT2D eigenvalue weighted by Crippen LogP contribution is 2.42. The van der Waals surface area contributed by atoms with Crippen LogP contribution in [0.5, 0.6) is 0 Å². The van der Waals surface area contributed by atoms with Crippen LogP contribution in [0.4, 0.5) is 5.13 Å². The molecule has 1 fully saturated rings. The van der Waals surface area contributed by atoms with Crippen molar-refractivity contribution in [1.29, 1.82) is 0 Å². The summed E-state index contributed by atoms with van der Waals surface area (Å²) >= 11 is 1.63. The SMILES string of the molecule is O=C(O)CC1CCCN1c1nc(-c2ccc(-c3cnco3)cc2)c(-c2ccccc2)s1. The van der Waals surface area contributed by atoms with Gasteiger partial charge in [0.25, 0.3) is 0 Å². The van der Waals surface area contributed by atoms with Gasteiger partial charge in [-0.15, -0.1) is 0 Å². The monoisotopic (exact) mass is 431 g/mol. The van der Waals surface area contributed by atoms with E-state index in [2.05, 4.69) is 22.0 Å². The number of nitrogens with zero attached hydrogens (tertiary/aromatic N) is 3. The van der Waals surface area contributed by atoms with Crippen LogP contribution >= 0.6 is 11.3 Å². The average molecular weight is 432 g/mol. The van der Waals surface area contributed by atoms with Crippen LogP contribution in [0.25, 0.3) is 33.0 Å². The van der Waals surface area contributed by atoms with E-state index in [1.165, 1.54) is 6.39 Å². The minimum absolute atomic E-state index is 0.00560. The molecule has 0 amide bonds. The van der Waals surface area contributed by atoms with Crippen LogP contribution < -0.4 is 4.90 Å². The summed E-state index contributed by atoms with van der Waals surface area (Å²) in [4.78, 5) is 23.6. The van der Waals surface area contributed by atoms with Gasteiger partial charge in [-0.2, -0.15) is 0 Å². The number of aromatic nitrogens is 2. The van der Waals surface area contributed by atoms with E-state index in [-0.39, 0.29) is 12.5 Å². The molecule has 1 atom stereocenters. The van der Waals surface area contributed by atoms with Crippen molar-refractivity contribution >= 4 is 22.4 Å². The zero-order valence-corrected chi connectivity index (χ0v) is 17.6. The van der Waals surface area contributed by atoms with E-state index in [0.717, 1.165) is 57.5 Å². The lowest BCUT2D eigenvalue weighted by atomic mass is 10.0. The first kappa shape index (κ1) is 19.5. The number of carboxylic acids is 1. The topological polar surface area (TPSA) is 79.5 Å². The second-order valence-electron chi connectivity index (χ2n) is 7.57. The molecule has 156 valence electrons. The van der Waals surface area contributed by atoms with Crippen LogP contribution in [0.1, 0.15) is 19.3 Å². The largest absolute Gasteiger partial charge is 0.481 e. The maximum atomic E-state index is 11.3. The number of hydrogen-bond acceptors (Lipinski definition) is 6. The standard InChI is InChI=1S/C24H21N3O3S/c28-21(29)13-19-7-4-12-27(19)24-26-22(23(31-24)18-5-2-1-3-6-18)17-10-8-16(9-11-17)20-14-25-15-30-20/h1-3,5-6,8-11,14-15,19H,4,7,12-13H2,(H,28,29). The van der Waals surface area contributed by atoms with Gasteiger partial charge >= 0.3 is 5.97 Å². The van der Waals surface area contributed by atoms with E-state index in [4.69, 9.17) is 9.40 Å². The number of oxazole rings is 1. The van der Waals surface area contributed by atoms with Gasteiger partial charge in [-0.1, -0.05) is 65.9 Å². The smallest absolute Gasteiger partial charge is 0.305 e. The van der Waals surface area contributed by atoms with Crippen LogP contribution in [0.15, 0.2) is 71.6 Å². The maximum Gasteiger partial charge on any atom is 0.305 e. The first-order valence-corrected chi connectivity index (χ1v) is 11.0. The van der Waals surface area contributed by atoms with Crippen LogP contribution in [0.2, 0.25) is 0 Å². The summed E-state index contributed by atoms with van der Waals surface area (Å²) in [5, 5.41) is 10.2. The van der Waals surface area contributed by atoms with Crippen LogP contribution in [0, 0.1) is 0 Å². The lowest BCUT2D eigenvalue weighted by Gasteiger charge is -2.22. The minimum Gasteiger partial charge on any atom is -0.481 e. The molecule has 0 bridgehead atoms. The minimum atomic E-state index is -0.764. The van der Waals surface area contributed by atoms with Gasteiger partial charge in [-0.25, -0.2) is 9.97 Å². The average Bonchev–Trinajstić information content (AvgIpc) is 3.55. The Morgan fingerprint density at radius 3 is 2.58 bits per heavy atom. The molecule has 2 aromatic carbocycles. The molecule has 1 aliphatic heterocycles. The van der Waals surface area contributed by atoms with E-state index in [9.17, 15) is 9.90 Å². The molecule has 7 heteroatoms. The summed E-state index contributed by atoms with van der Waals surface area (Å²) in [5.41, 5.74) is 3.99. The van der Waals surface area contributed by atoms with Crippen molar-refractivity contribution in [3.8, 4) is 33.0 Å². The Morgan fingerprint density at radius 1 is 1.10 bits per heavy atom. The maximum absolute atomic E-state index is 11.3. The fraction of sp³-hybridized carbons (Fsp3) is 0.208. The molecule has 2 aromatic heterocycles. The lowest BCUT2D eigenvalue weighted by molar-refractivity contribution is -0.137. The molecular formula is C24H21N3O3S. The normalized spacial score (nSPS) is 16.0. The van der Waals surface area contributed by atoms with E-state index < -0.39 is 5.97 Å². The van der Waals surface area contributed by atoms with Crippen molar-refractivity contribution in [3.63, 3.8) is 0 Å². The number of rotatable bonds is 6. The fourth-order valence-electron chi connectivity index (χ4n) is 4.06. The van der Waals surface area contributed by atoms with Crippen molar-refractivity contribution in [2.45, 2.75) is 25.3 Å². The quantitative estimate of drug-likeness (QED) is 0.430. The van der Waals surface area contributed by atoms with Gasteiger partial charge < -0.3 is 14.4 Å². The van der Waals surface area contributed by atoms with Gasteiger partial charge in [0.15, 0.2) is 17.3 Å². The molecule has 0 saturated carbocycles. The molecule has 1 N–H and O–H groups in total. The lowest BCUT2D eigenvalue weighted by Crippen LogP contribution is -2.31. The highest BCUT2D eigenvalue weighted by atomic mass is 32.1. The van der Waals surface area contributed by atoms with Crippen LogP contribution in [-0.2, 0) is 4.79 Å². The second-order valence-corrected chi connectivity index (χ2v) is 8.55. The highest BCUT2D eigenvalue weighted by molar-refractivity contribution is 7.19. The van der Waals surface area contributed by atoms with Crippen LogP contribution in [0.3, 0.4) is 0 Å². The van der Waals surface area contributed by atoms with E-state index in [1.807, 2.05) is 42.5 Å². The van der Waals surface area contributed by atoms with Gasteiger partial charge in [0.05, 0.1) is 23.2 Å². The Morgan fingerprint density at radius 2 is 1.87 bits per heavy atom. The van der Waals surface area contributed by atoms with Crippen molar-refractivity contribution in [2.24, 2.45) is 0 Å². The van der Waals surface area contributed by atoms with Gasteiger partial charge in [-0.3, -0.25) is 4.79 Å². The molecule has 31 heavy (non-hydrogen) atoms. The summed E-state index contributed by atoms with van der Waals surface area (Å²) in [5.74, 6) is -0.0395. The van der Waals surface area contributed by atoms with Crippen LogP contribution in [-0.4, -0.2) is 33.6 Å². The molecule has 4 aromatic rings. The summed E-state index contributed by atoms with van der Waals surface area (Å²) in [6, 6.07) is 18.3. The third-order valence-corrected chi connectivity index (χ3v) is 6.70. The summed E-state index contributed by atoms with van der Waals surface area (Å²) < 4.78 is 5.39. The van der Waals surface area contributed by atoms with Gasteiger partial charge in [-0.05, 0) is 18.4 Å². The zero-order chi connectivity index (χ0) is 21.2. The van der Waals surface area contributed by atoms with E-state index >= 15 is 0 Å². The zero-order valence-electron chi connectivity index (χ0n) is 16.8. The van der Waals surface area contributed by atoms with Gasteiger partial charge in [0, 0.05) is 23.7 Å². The Bertz CT molecular complexity index is 1170. The number of anilines is 1. The molecule has 0 radical (unpaired) electrons. The summed E-state index contributed by atoms with van der Waals surface area (Å²) in [6.07, 6.45) is 5.13. The van der Waals surface area contributed by atoms with E-state index in [1.54, 1.807) is 17.5 Å². The van der Waals surface area contributed by atoms with Crippen molar-refractivity contribution < 1.29 is 14.3 Å². The number of thiazole rings is 1. The summed E-state index contributed by atoms with van der Waals surface area (Å²) in [6.45, 7) is 0.837. The number of carboxylic acid groups (broad SMARTS) is 1. The molecule has 6 nitrogen and oxygen atoms in total. The Kier molecular flexibility index (Phi) is 5.26. The van der Waals surface area contributed by atoms with Crippen molar-refractivity contribution in [3.05, 3.63) is 67.2 Å². The Balaban J connectivity index is 1.55. The molecule has 1 aliphatic rings. The predicted molar refractivity (Wildman–Crippen MR) is 121 cm³/mol. The summed E-state index contributed by atoms with van der Waals surface area (Å²) in [7, 11) is 0. The van der Waals surface area contributed by atoms with Crippen molar-refractivity contribution in [1.82, 2.24) is 9.97 Å². The first-order valence-electron chi connectivity index (χ1n) is 10.2.